The van der Waals surface area contributed by atoms with Crippen LogP contribution in [0.25, 0.3) is 0 Å². The first-order valence-corrected chi connectivity index (χ1v) is 11.0. The molecular formula is C20H33IN4O3S. The summed E-state index contributed by atoms with van der Waals surface area (Å²) in [6.45, 7) is 7.29. The van der Waals surface area contributed by atoms with E-state index in [0.29, 0.717) is 11.5 Å². The van der Waals surface area contributed by atoms with E-state index in [0.717, 1.165) is 56.8 Å². The van der Waals surface area contributed by atoms with Crippen LogP contribution in [0, 0.1) is 0 Å². The van der Waals surface area contributed by atoms with E-state index in [1.54, 1.807) is 14.2 Å². The van der Waals surface area contributed by atoms with Crippen molar-refractivity contribution in [1.29, 1.82) is 0 Å². The van der Waals surface area contributed by atoms with Gasteiger partial charge in [-0.2, -0.15) is 11.8 Å². The van der Waals surface area contributed by atoms with Crippen molar-refractivity contribution in [3.8, 4) is 11.5 Å². The highest BCUT2D eigenvalue weighted by molar-refractivity contribution is 14.0. The number of thioether (sulfide) groups is 1. The molecule has 0 spiro atoms. The number of nitrogens with one attached hydrogen (secondary N) is 2. The van der Waals surface area contributed by atoms with Gasteiger partial charge in [0.15, 0.2) is 17.5 Å². The third kappa shape index (κ3) is 6.28. The van der Waals surface area contributed by atoms with E-state index in [-0.39, 0.29) is 29.5 Å². The molecular weight excluding hydrogens is 503 g/mol. The summed E-state index contributed by atoms with van der Waals surface area (Å²) >= 11 is 2.03. The molecule has 1 aromatic carbocycles. The van der Waals surface area contributed by atoms with Crippen LogP contribution in [-0.2, 0) is 4.74 Å². The smallest absolute Gasteiger partial charge is 0.195 e. The molecule has 2 N–H and O–H groups in total. The molecule has 9 heteroatoms. The Balaban J connectivity index is 0.00000300. The number of halogens is 1. The number of aliphatic imine (C=N–C) groups is 1. The zero-order valence-corrected chi connectivity index (χ0v) is 20.7. The minimum absolute atomic E-state index is 0. The minimum Gasteiger partial charge on any atom is -0.493 e. The number of anilines is 1. The number of ether oxygens (including phenoxy) is 3. The van der Waals surface area contributed by atoms with Gasteiger partial charge in [0.05, 0.1) is 39.5 Å². The highest BCUT2D eigenvalue weighted by Gasteiger charge is 2.40. The van der Waals surface area contributed by atoms with Crippen LogP contribution in [0.3, 0.4) is 0 Å². The van der Waals surface area contributed by atoms with Crippen LogP contribution in [0.5, 0.6) is 11.5 Å². The number of rotatable bonds is 7. The highest BCUT2D eigenvalue weighted by Crippen LogP contribution is 2.34. The summed E-state index contributed by atoms with van der Waals surface area (Å²) in [6, 6.07) is 5.79. The van der Waals surface area contributed by atoms with Gasteiger partial charge in [-0.05, 0) is 31.2 Å². The van der Waals surface area contributed by atoms with Crippen LogP contribution < -0.4 is 20.1 Å². The fraction of sp³-hybridized carbons (Fsp3) is 0.650. The van der Waals surface area contributed by atoms with Crippen molar-refractivity contribution >= 4 is 47.4 Å². The first-order valence-electron chi connectivity index (χ1n) is 9.88. The minimum atomic E-state index is 0. The van der Waals surface area contributed by atoms with Crippen LogP contribution in [0.15, 0.2) is 23.2 Å². The molecule has 1 atom stereocenters. The predicted octanol–water partition coefficient (Wildman–Crippen LogP) is 2.91. The van der Waals surface area contributed by atoms with Crippen LogP contribution in [0.4, 0.5) is 5.69 Å². The molecule has 2 saturated heterocycles. The summed E-state index contributed by atoms with van der Waals surface area (Å²) in [4.78, 5) is 7.55. The van der Waals surface area contributed by atoms with Gasteiger partial charge in [-0.1, -0.05) is 0 Å². The molecule has 164 valence electrons. The van der Waals surface area contributed by atoms with Gasteiger partial charge in [0, 0.05) is 37.1 Å². The van der Waals surface area contributed by atoms with E-state index >= 15 is 0 Å². The van der Waals surface area contributed by atoms with Crippen molar-refractivity contribution in [2.75, 3.05) is 70.4 Å². The predicted molar refractivity (Wildman–Crippen MR) is 132 cm³/mol. The third-order valence-electron chi connectivity index (χ3n) is 5.29. The molecule has 0 saturated carbocycles. The Morgan fingerprint density at radius 2 is 2.00 bits per heavy atom. The normalized spacial score (nSPS) is 22.7. The Morgan fingerprint density at radius 3 is 2.62 bits per heavy atom. The number of guanidine groups is 1. The van der Waals surface area contributed by atoms with Crippen molar-refractivity contribution in [3.05, 3.63) is 18.2 Å². The van der Waals surface area contributed by atoms with Crippen LogP contribution in [-0.4, -0.2) is 81.5 Å². The maximum Gasteiger partial charge on any atom is 0.195 e. The number of benzene rings is 1. The number of methoxy groups -OCH3 is 2. The quantitative estimate of drug-likeness (QED) is 0.316. The number of hydrogen-bond acceptors (Lipinski definition) is 6. The van der Waals surface area contributed by atoms with Gasteiger partial charge in [-0.3, -0.25) is 9.89 Å². The van der Waals surface area contributed by atoms with Gasteiger partial charge < -0.3 is 24.8 Å². The van der Waals surface area contributed by atoms with Gasteiger partial charge in [0.25, 0.3) is 0 Å². The Bertz CT molecular complexity index is 665. The Labute approximate surface area is 195 Å². The molecule has 7 nitrogen and oxygen atoms in total. The Morgan fingerprint density at radius 1 is 1.24 bits per heavy atom. The molecule has 0 aliphatic carbocycles. The standard InChI is InChI=1S/C20H32N4O3S.HI/c1-4-21-19(23-16-5-6-17(25-2)18(13-16)26-3)22-14-20(7-12-28-15-20)24-8-10-27-11-9-24;/h5-6,13H,4,7-12,14-15H2,1-3H3,(H2,21,22,23);1H. The summed E-state index contributed by atoms with van der Waals surface area (Å²) in [5.41, 5.74) is 1.05. The summed E-state index contributed by atoms with van der Waals surface area (Å²) in [7, 11) is 3.28. The van der Waals surface area contributed by atoms with Crippen LogP contribution >= 0.6 is 35.7 Å². The molecule has 1 aromatic rings. The molecule has 2 aliphatic heterocycles. The second-order valence-electron chi connectivity index (χ2n) is 7.02. The molecule has 0 radical (unpaired) electrons. The van der Waals surface area contributed by atoms with E-state index in [1.807, 2.05) is 30.0 Å². The zero-order valence-electron chi connectivity index (χ0n) is 17.5. The van der Waals surface area contributed by atoms with Crippen molar-refractivity contribution < 1.29 is 14.2 Å². The molecule has 1 unspecified atom stereocenters. The monoisotopic (exact) mass is 536 g/mol. The molecule has 0 bridgehead atoms. The molecule has 2 aliphatic rings. The third-order valence-corrected chi connectivity index (χ3v) is 6.52. The van der Waals surface area contributed by atoms with Crippen molar-refractivity contribution in [2.45, 2.75) is 18.9 Å². The van der Waals surface area contributed by atoms with Gasteiger partial charge in [-0.15, -0.1) is 24.0 Å². The summed E-state index contributed by atoms with van der Waals surface area (Å²) in [5.74, 6) is 4.53. The lowest BCUT2D eigenvalue weighted by atomic mass is 9.96. The maximum absolute atomic E-state index is 5.56. The number of nitrogens with zero attached hydrogens (tertiary/aromatic N) is 2. The number of morpholine rings is 1. The van der Waals surface area contributed by atoms with E-state index in [4.69, 9.17) is 19.2 Å². The van der Waals surface area contributed by atoms with Crippen molar-refractivity contribution in [3.63, 3.8) is 0 Å². The average molecular weight is 536 g/mol. The molecule has 3 rings (SSSR count). The highest BCUT2D eigenvalue weighted by atomic mass is 127. The lowest BCUT2D eigenvalue weighted by Gasteiger charge is -2.42. The molecule has 0 aromatic heterocycles. The maximum atomic E-state index is 5.56. The summed E-state index contributed by atoms with van der Waals surface area (Å²) in [6.07, 6.45) is 1.18. The van der Waals surface area contributed by atoms with E-state index in [9.17, 15) is 0 Å². The van der Waals surface area contributed by atoms with Gasteiger partial charge >= 0.3 is 0 Å². The van der Waals surface area contributed by atoms with Gasteiger partial charge in [0.1, 0.15) is 0 Å². The van der Waals surface area contributed by atoms with Crippen LogP contribution in [0.2, 0.25) is 0 Å². The lowest BCUT2D eigenvalue weighted by molar-refractivity contribution is -0.0104. The number of hydrogen-bond donors (Lipinski definition) is 2. The fourth-order valence-electron chi connectivity index (χ4n) is 3.69. The summed E-state index contributed by atoms with van der Waals surface area (Å²) < 4.78 is 16.3. The summed E-state index contributed by atoms with van der Waals surface area (Å²) in [5, 5.41) is 6.76. The Kier molecular flexibility index (Phi) is 10.1. The topological polar surface area (TPSA) is 67.4 Å². The van der Waals surface area contributed by atoms with Crippen molar-refractivity contribution in [1.82, 2.24) is 10.2 Å². The van der Waals surface area contributed by atoms with Gasteiger partial charge in [-0.25, -0.2) is 0 Å². The molecule has 2 fully saturated rings. The van der Waals surface area contributed by atoms with E-state index < -0.39 is 0 Å². The fourth-order valence-corrected chi connectivity index (χ4v) is 5.16. The SMILES string of the molecule is CCNC(=NCC1(N2CCOCC2)CCSC1)Nc1ccc(OC)c(OC)c1.I. The molecule has 29 heavy (non-hydrogen) atoms. The first-order chi connectivity index (χ1) is 13.7. The average Bonchev–Trinajstić information content (AvgIpc) is 3.23. The Hall–Kier alpha value is -0.910. The first kappa shape index (κ1) is 24.4. The second-order valence-corrected chi connectivity index (χ2v) is 8.12. The van der Waals surface area contributed by atoms with Gasteiger partial charge in [0.2, 0.25) is 0 Å². The largest absolute Gasteiger partial charge is 0.493 e. The zero-order chi connectivity index (χ0) is 19.8. The lowest BCUT2D eigenvalue weighted by Crippen LogP contribution is -2.56. The molecule has 0 amide bonds. The molecule has 2 heterocycles. The van der Waals surface area contributed by atoms with E-state index in [2.05, 4.69) is 22.5 Å². The van der Waals surface area contributed by atoms with Crippen molar-refractivity contribution in [2.24, 2.45) is 4.99 Å². The van der Waals surface area contributed by atoms with E-state index in [1.165, 1.54) is 12.2 Å². The second kappa shape index (κ2) is 12.1. The van der Waals surface area contributed by atoms with Crippen LogP contribution in [0.1, 0.15) is 13.3 Å².